The number of amides is 2. The molecule has 0 unspecified atom stereocenters. The fraction of sp³-hybridized carbons (Fsp3) is 0. The third-order valence-electron chi connectivity index (χ3n) is 2.77. The number of nitrogens with one attached hydrogen (secondary N) is 2. The summed E-state index contributed by atoms with van der Waals surface area (Å²) < 4.78 is 6.36. The summed E-state index contributed by atoms with van der Waals surface area (Å²) in [6.07, 6.45) is 0. The maximum Gasteiger partial charge on any atom is 0.327 e. The van der Waals surface area contributed by atoms with Crippen molar-refractivity contribution in [1.29, 1.82) is 0 Å². The van der Waals surface area contributed by atoms with Crippen molar-refractivity contribution in [2.45, 2.75) is 0 Å². The van der Waals surface area contributed by atoms with E-state index < -0.39 is 6.03 Å². The minimum atomic E-state index is -0.447. The summed E-state index contributed by atoms with van der Waals surface area (Å²) in [7, 11) is 0. The molecule has 0 saturated heterocycles. The summed E-state index contributed by atoms with van der Waals surface area (Å²) in [5, 5.41) is 12.9. The van der Waals surface area contributed by atoms with E-state index in [0.717, 1.165) is 10.0 Å². The van der Waals surface area contributed by atoms with Crippen LogP contribution < -0.4 is 10.6 Å². The molecule has 0 aliphatic carbocycles. The fourth-order valence-corrected chi connectivity index (χ4v) is 2.03. The van der Waals surface area contributed by atoms with Gasteiger partial charge in [0.1, 0.15) is 0 Å². The Hall–Kier alpha value is -2.67. The highest BCUT2D eigenvalue weighted by Gasteiger charge is 2.11. The first-order valence-electron chi connectivity index (χ1n) is 6.43. The second-order valence-electron chi connectivity index (χ2n) is 4.36. The summed E-state index contributed by atoms with van der Waals surface area (Å²) in [6, 6.07) is 16.1. The Morgan fingerprint density at radius 2 is 1.68 bits per heavy atom. The first-order valence-corrected chi connectivity index (χ1v) is 7.22. The van der Waals surface area contributed by atoms with E-state index in [2.05, 4.69) is 36.8 Å². The lowest BCUT2D eigenvalue weighted by Crippen LogP contribution is -2.19. The number of urea groups is 1. The van der Waals surface area contributed by atoms with Crippen LogP contribution in [0.25, 0.3) is 11.5 Å². The zero-order valence-electron chi connectivity index (χ0n) is 11.3. The zero-order chi connectivity index (χ0) is 15.4. The van der Waals surface area contributed by atoms with Crippen molar-refractivity contribution in [1.82, 2.24) is 10.2 Å². The van der Waals surface area contributed by atoms with E-state index in [0.29, 0.717) is 11.6 Å². The van der Waals surface area contributed by atoms with Crippen LogP contribution in [0.1, 0.15) is 0 Å². The Bertz CT molecular complexity index is 772. The lowest BCUT2D eigenvalue weighted by molar-refractivity contribution is 0.261. The highest BCUT2D eigenvalue weighted by Crippen LogP contribution is 2.21. The second kappa shape index (κ2) is 6.40. The zero-order valence-corrected chi connectivity index (χ0v) is 12.9. The highest BCUT2D eigenvalue weighted by atomic mass is 79.9. The third-order valence-corrected chi connectivity index (χ3v) is 3.30. The molecule has 7 heteroatoms. The molecule has 22 heavy (non-hydrogen) atoms. The summed E-state index contributed by atoms with van der Waals surface area (Å²) >= 11 is 3.36. The Morgan fingerprint density at radius 3 is 2.41 bits per heavy atom. The smallest absolute Gasteiger partial charge is 0.327 e. The average molecular weight is 359 g/mol. The maximum atomic E-state index is 11.8. The molecule has 1 aromatic heterocycles. The molecule has 0 saturated carbocycles. The number of anilines is 2. The van der Waals surface area contributed by atoms with Crippen LogP contribution in [0.5, 0.6) is 0 Å². The average Bonchev–Trinajstić information content (AvgIpc) is 2.97. The number of hydrogen-bond acceptors (Lipinski definition) is 4. The van der Waals surface area contributed by atoms with Crippen LogP contribution in [0.15, 0.2) is 63.5 Å². The van der Waals surface area contributed by atoms with Crippen molar-refractivity contribution in [3.63, 3.8) is 0 Å². The van der Waals surface area contributed by atoms with Crippen LogP contribution in [-0.4, -0.2) is 16.2 Å². The predicted molar refractivity (Wildman–Crippen MR) is 86.5 cm³/mol. The minimum absolute atomic E-state index is 0.0337. The van der Waals surface area contributed by atoms with E-state index in [1.807, 2.05) is 42.5 Å². The van der Waals surface area contributed by atoms with E-state index >= 15 is 0 Å². The van der Waals surface area contributed by atoms with Gasteiger partial charge in [-0.3, -0.25) is 5.32 Å². The number of carbonyl (C=O) groups is 1. The first-order chi connectivity index (χ1) is 10.7. The van der Waals surface area contributed by atoms with Gasteiger partial charge in [0.05, 0.1) is 0 Å². The van der Waals surface area contributed by atoms with Crippen molar-refractivity contribution in [2.75, 3.05) is 10.6 Å². The molecule has 2 aromatic carbocycles. The molecular formula is C15H11BrN4O2. The molecule has 110 valence electrons. The van der Waals surface area contributed by atoms with Gasteiger partial charge < -0.3 is 9.73 Å². The summed E-state index contributed by atoms with van der Waals surface area (Å²) in [5.41, 5.74) is 1.44. The van der Waals surface area contributed by atoms with Gasteiger partial charge >= 0.3 is 12.0 Å². The highest BCUT2D eigenvalue weighted by molar-refractivity contribution is 9.10. The van der Waals surface area contributed by atoms with Crippen LogP contribution in [-0.2, 0) is 0 Å². The number of benzene rings is 2. The predicted octanol–water partition coefficient (Wildman–Crippen LogP) is 4.14. The van der Waals surface area contributed by atoms with Crippen LogP contribution in [0.3, 0.4) is 0 Å². The summed E-state index contributed by atoms with van der Waals surface area (Å²) in [6.45, 7) is 0. The largest absolute Gasteiger partial charge is 0.403 e. The van der Waals surface area contributed by atoms with E-state index in [9.17, 15) is 4.79 Å². The van der Waals surface area contributed by atoms with Gasteiger partial charge in [-0.05, 0) is 36.4 Å². The molecule has 6 nitrogen and oxygen atoms in total. The summed E-state index contributed by atoms with van der Waals surface area (Å²) in [5.74, 6) is 0.336. The molecule has 2 amide bonds. The molecule has 0 aliphatic heterocycles. The van der Waals surface area contributed by atoms with Crippen LogP contribution in [0, 0.1) is 0 Å². The summed E-state index contributed by atoms with van der Waals surface area (Å²) in [4.78, 5) is 11.8. The quantitative estimate of drug-likeness (QED) is 0.737. The fourth-order valence-electron chi connectivity index (χ4n) is 1.76. The molecule has 0 fully saturated rings. The minimum Gasteiger partial charge on any atom is -0.403 e. The van der Waals surface area contributed by atoms with Gasteiger partial charge in [0.15, 0.2) is 0 Å². The second-order valence-corrected chi connectivity index (χ2v) is 5.28. The SMILES string of the molecule is O=C(Nc1ccccc1)Nc1nnc(-c2ccc(Br)cc2)o1. The van der Waals surface area contributed by atoms with Crippen molar-refractivity contribution in [3.05, 3.63) is 59.1 Å². The molecule has 0 bridgehead atoms. The van der Waals surface area contributed by atoms with Crippen molar-refractivity contribution in [3.8, 4) is 11.5 Å². The van der Waals surface area contributed by atoms with E-state index in [-0.39, 0.29) is 6.01 Å². The molecule has 1 heterocycles. The normalized spacial score (nSPS) is 10.2. The van der Waals surface area contributed by atoms with Crippen LogP contribution >= 0.6 is 15.9 Å². The Balaban J connectivity index is 1.66. The number of halogens is 1. The lowest BCUT2D eigenvalue weighted by Gasteiger charge is -2.03. The van der Waals surface area contributed by atoms with E-state index in [1.165, 1.54) is 0 Å². The van der Waals surface area contributed by atoms with Crippen molar-refractivity contribution >= 4 is 33.7 Å². The van der Waals surface area contributed by atoms with Gasteiger partial charge in [0.25, 0.3) is 0 Å². The number of hydrogen-bond donors (Lipinski definition) is 2. The molecule has 2 N–H and O–H groups in total. The monoisotopic (exact) mass is 358 g/mol. The van der Waals surface area contributed by atoms with Crippen LogP contribution in [0.2, 0.25) is 0 Å². The van der Waals surface area contributed by atoms with E-state index in [1.54, 1.807) is 12.1 Å². The molecule has 3 rings (SSSR count). The van der Waals surface area contributed by atoms with Gasteiger partial charge in [-0.1, -0.05) is 39.2 Å². The lowest BCUT2D eigenvalue weighted by atomic mass is 10.2. The molecule has 0 aliphatic rings. The number of para-hydroxylation sites is 1. The van der Waals surface area contributed by atoms with Gasteiger partial charge in [0, 0.05) is 15.7 Å². The van der Waals surface area contributed by atoms with E-state index in [4.69, 9.17) is 4.42 Å². The molecule has 0 atom stereocenters. The number of rotatable bonds is 3. The van der Waals surface area contributed by atoms with Gasteiger partial charge in [-0.2, -0.15) is 0 Å². The third kappa shape index (κ3) is 3.50. The molecule has 0 spiro atoms. The Kier molecular flexibility index (Phi) is 4.15. The molecule has 3 aromatic rings. The van der Waals surface area contributed by atoms with Gasteiger partial charge in [-0.15, -0.1) is 5.10 Å². The maximum absolute atomic E-state index is 11.8. The molecular weight excluding hydrogens is 348 g/mol. The number of nitrogens with zero attached hydrogens (tertiary/aromatic N) is 2. The van der Waals surface area contributed by atoms with Crippen molar-refractivity contribution in [2.24, 2.45) is 0 Å². The molecule has 0 radical (unpaired) electrons. The topological polar surface area (TPSA) is 80.0 Å². The van der Waals surface area contributed by atoms with Crippen molar-refractivity contribution < 1.29 is 9.21 Å². The number of aromatic nitrogens is 2. The Labute approximate surface area is 134 Å². The van der Waals surface area contributed by atoms with Crippen LogP contribution in [0.4, 0.5) is 16.5 Å². The number of carbonyl (C=O) groups excluding carboxylic acids is 1. The first kappa shape index (κ1) is 14.3. The van der Waals surface area contributed by atoms with Gasteiger partial charge in [0.2, 0.25) is 5.89 Å². The standard InChI is InChI=1S/C15H11BrN4O2/c16-11-8-6-10(7-9-11)13-19-20-15(22-13)18-14(21)17-12-4-2-1-3-5-12/h1-9H,(H2,17,18,20,21). The Morgan fingerprint density at radius 1 is 0.955 bits per heavy atom. The van der Waals surface area contributed by atoms with Gasteiger partial charge in [-0.25, -0.2) is 4.79 Å².